The van der Waals surface area contributed by atoms with E-state index in [1.54, 1.807) is 27.7 Å². The van der Waals surface area contributed by atoms with Gasteiger partial charge < -0.3 is 10.2 Å². The van der Waals surface area contributed by atoms with E-state index in [-0.39, 0.29) is 18.9 Å². The van der Waals surface area contributed by atoms with Crippen molar-refractivity contribution in [2.24, 2.45) is 11.3 Å². The molecule has 1 aliphatic heterocycles. The van der Waals surface area contributed by atoms with E-state index >= 15 is 0 Å². The molecule has 0 aliphatic carbocycles. The number of hydrogen-bond donors (Lipinski definition) is 3. The van der Waals surface area contributed by atoms with Gasteiger partial charge in [-0.05, 0) is 12.3 Å². The third-order valence-electron chi connectivity index (χ3n) is 5.71. The number of Topliss-reactive ketones (excluding diaryl/α,β-unsaturated/α-hetero) is 1. The van der Waals surface area contributed by atoms with E-state index in [2.05, 4.69) is 5.43 Å². The van der Waals surface area contributed by atoms with Gasteiger partial charge in [0.15, 0.2) is 6.04 Å². The van der Waals surface area contributed by atoms with Crippen molar-refractivity contribution in [3.05, 3.63) is 0 Å². The number of rotatable bonds is 9. The maximum Gasteiger partial charge on any atom is 0.402 e. The number of nitrogens with one attached hydrogen (secondary N) is 1. The molecule has 1 saturated heterocycles. The Morgan fingerprint density at radius 3 is 2.19 bits per heavy atom. The molecule has 1 unspecified atom stereocenters. The Hall–Kier alpha value is -1.80. The Kier molecular flexibility index (Phi) is 7.07. The highest BCUT2D eigenvalue weighted by molar-refractivity contribution is 6.35. The second-order valence-electron chi connectivity index (χ2n) is 7.79. The largest absolute Gasteiger partial charge is 0.480 e. The van der Waals surface area contributed by atoms with E-state index in [4.69, 9.17) is 0 Å². The average Bonchev–Trinajstić information content (AvgIpc) is 3.02. The molecule has 1 heterocycles. The monoisotopic (exact) mass is 371 g/mol. The van der Waals surface area contributed by atoms with Crippen molar-refractivity contribution in [3.63, 3.8) is 0 Å². The van der Waals surface area contributed by atoms with E-state index in [1.165, 1.54) is 0 Å². The molecule has 1 aliphatic rings. The Labute approximate surface area is 154 Å². The van der Waals surface area contributed by atoms with Crippen molar-refractivity contribution < 1.29 is 34.0 Å². The van der Waals surface area contributed by atoms with Crippen molar-refractivity contribution >= 4 is 23.6 Å². The van der Waals surface area contributed by atoms with Crippen LogP contribution in [0.5, 0.6) is 0 Å². The van der Waals surface area contributed by atoms with Gasteiger partial charge >= 0.3 is 17.8 Å². The van der Waals surface area contributed by atoms with Crippen LogP contribution in [0.15, 0.2) is 0 Å². The lowest BCUT2D eigenvalue weighted by atomic mass is 9.84. The molecular formula is C18H31N2O6+. The molecule has 0 aromatic heterocycles. The molecule has 0 aromatic carbocycles. The number of carboxylic acid groups (broad SMARTS) is 2. The molecule has 1 amide bonds. The standard InChI is InChI=1S/C18H30N2O6/c1-6-11(3)13(17(25)26)19-20(10-8-9-12(20)16(23)24)15(22)14(21)18(4,5)7-2/h11-13,19H,6-10H2,1-5H3,(H-,23,24,25,26)/p+1/t11-,12-,13-,20?/m0/s1. The molecule has 26 heavy (non-hydrogen) atoms. The predicted octanol–water partition coefficient (Wildman–Crippen LogP) is 1.59. The molecule has 0 aromatic rings. The number of ketones is 1. The summed E-state index contributed by atoms with van der Waals surface area (Å²) in [6, 6.07) is -2.30. The number of hydrogen-bond acceptors (Lipinski definition) is 5. The fraction of sp³-hybridized carbons (Fsp3) is 0.778. The normalized spacial score (nSPS) is 25.5. The Bertz CT molecular complexity index is 588. The first kappa shape index (κ1) is 22.2. The fourth-order valence-corrected chi connectivity index (χ4v) is 3.22. The molecule has 0 bridgehead atoms. The quantitative estimate of drug-likeness (QED) is 0.416. The molecule has 0 spiro atoms. The van der Waals surface area contributed by atoms with E-state index in [9.17, 15) is 29.4 Å². The minimum Gasteiger partial charge on any atom is -0.480 e. The maximum absolute atomic E-state index is 13.2. The van der Waals surface area contributed by atoms with Gasteiger partial charge in [-0.2, -0.15) is 4.59 Å². The van der Waals surface area contributed by atoms with Crippen molar-refractivity contribution in [2.45, 2.75) is 72.4 Å². The van der Waals surface area contributed by atoms with Gasteiger partial charge in [-0.25, -0.2) is 9.59 Å². The topological polar surface area (TPSA) is 121 Å². The molecule has 8 heteroatoms. The first-order chi connectivity index (χ1) is 11.9. The van der Waals surface area contributed by atoms with Crippen molar-refractivity contribution in [1.29, 1.82) is 0 Å². The SMILES string of the molecule is CC[C@H](C)[C@H](N[N+]1(C(=O)C(=O)C(C)(C)CC)CCC[C@H]1C(=O)O)C(=O)O. The van der Waals surface area contributed by atoms with E-state index in [0.29, 0.717) is 19.3 Å². The number of likely N-dealkylation sites (tertiary alicyclic amines) is 1. The molecule has 0 radical (unpaired) electrons. The van der Waals surface area contributed by atoms with Crippen molar-refractivity contribution in [3.8, 4) is 0 Å². The van der Waals surface area contributed by atoms with Crippen LogP contribution in [0.3, 0.4) is 0 Å². The van der Waals surface area contributed by atoms with Crippen LogP contribution >= 0.6 is 0 Å². The molecule has 1 rings (SSSR count). The average molecular weight is 371 g/mol. The first-order valence-corrected chi connectivity index (χ1v) is 9.15. The number of carboxylic acids is 2. The van der Waals surface area contributed by atoms with Crippen LogP contribution in [-0.4, -0.2) is 57.1 Å². The number of quaternary nitrogens is 1. The number of carbonyl (C=O) groups is 4. The van der Waals surface area contributed by atoms with Crippen LogP contribution in [0.1, 0.15) is 60.3 Å². The molecule has 0 saturated carbocycles. The minimum atomic E-state index is -1.21. The summed E-state index contributed by atoms with van der Waals surface area (Å²) in [5.74, 6) is -4.24. The molecule has 8 nitrogen and oxygen atoms in total. The predicted molar refractivity (Wildman–Crippen MR) is 93.9 cm³/mol. The minimum absolute atomic E-state index is 0.0849. The van der Waals surface area contributed by atoms with Gasteiger partial charge in [0.2, 0.25) is 6.04 Å². The Morgan fingerprint density at radius 2 is 1.77 bits per heavy atom. The van der Waals surface area contributed by atoms with Gasteiger partial charge in [-0.1, -0.05) is 41.0 Å². The highest BCUT2D eigenvalue weighted by atomic mass is 16.4. The number of nitrogens with zero attached hydrogens (tertiary/aromatic N) is 1. The van der Waals surface area contributed by atoms with E-state index < -0.39 is 45.7 Å². The zero-order valence-electron chi connectivity index (χ0n) is 16.2. The van der Waals surface area contributed by atoms with Gasteiger partial charge in [0.25, 0.3) is 5.78 Å². The summed E-state index contributed by atoms with van der Waals surface area (Å²) >= 11 is 0. The number of amides is 1. The summed E-state index contributed by atoms with van der Waals surface area (Å²) in [4.78, 5) is 49.5. The molecule has 3 N–H and O–H groups in total. The summed E-state index contributed by atoms with van der Waals surface area (Å²) in [5, 5.41) is 19.2. The lowest BCUT2D eigenvalue weighted by Gasteiger charge is -2.38. The summed E-state index contributed by atoms with van der Waals surface area (Å²) in [6.07, 6.45) is 1.58. The molecule has 148 valence electrons. The molecule has 1 fully saturated rings. The summed E-state index contributed by atoms with van der Waals surface area (Å²) < 4.78 is -0.821. The van der Waals surface area contributed by atoms with Crippen LogP contribution in [0.4, 0.5) is 0 Å². The summed E-state index contributed by atoms with van der Waals surface area (Å²) in [6.45, 7) is 8.68. The first-order valence-electron chi connectivity index (χ1n) is 9.15. The Balaban J connectivity index is 3.41. The second kappa shape index (κ2) is 8.26. The Morgan fingerprint density at radius 1 is 1.19 bits per heavy atom. The highest BCUT2D eigenvalue weighted by Gasteiger charge is 2.58. The van der Waals surface area contributed by atoms with Gasteiger partial charge in [0.1, 0.15) is 6.54 Å². The molecule has 4 atom stereocenters. The maximum atomic E-state index is 13.2. The smallest absolute Gasteiger partial charge is 0.402 e. The van der Waals surface area contributed by atoms with Crippen LogP contribution in [-0.2, 0) is 19.2 Å². The highest BCUT2D eigenvalue weighted by Crippen LogP contribution is 2.31. The van der Waals surface area contributed by atoms with Crippen LogP contribution in [0, 0.1) is 11.3 Å². The van der Waals surface area contributed by atoms with Gasteiger partial charge in [0, 0.05) is 18.3 Å². The van der Waals surface area contributed by atoms with Crippen LogP contribution in [0.25, 0.3) is 0 Å². The second-order valence-corrected chi connectivity index (χ2v) is 7.79. The number of carbonyl (C=O) groups excluding carboxylic acids is 2. The van der Waals surface area contributed by atoms with Gasteiger partial charge in [-0.15, -0.1) is 5.43 Å². The van der Waals surface area contributed by atoms with Crippen molar-refractivity contribution in [2.75, 3.05) is 6.54 Å². The lowest BCUT2D eigenvalue weighted by Crippen LogP contribution is -2.72. The van der Waals surface area contributed by atoms with Crippen LogP contribution < -0.4 is 5.43 Å². The molecular weight excluding hydrogens is 340 g/mol. The lowest BCUT2D eigenvalue weighted by molar-refractivity contribution is -0.901. The van der Waals surface area contributed by atoms with Gasteiger partial charge in [-0.3, -0.25) is 9.59 Å². The van der Waals surface area contributed by atoms with E-state index in [0.717, 1.165) is 0 Å². The summed E-state index contributed by atoms with van der Waals surface area (Å²) in [7, 11) is 0. The van der Waals surface area contributed by atoms with Crippen molar-refractivity contribution in [1.82, 2.24) is 5.43 Å². The fourth-order valence-electron chi connectivity index (χ4n) is 3.22. The third kappa shape index (κ3) is 4.12. The van der Waals surface area contributed by atoms with E-state index in [1.807, 2.05) is 6.92 Å². The zero-order chi connectivity index (χ0) is 20.3. The van der Waals surface area contributed by atoms with Crippen LogP contribution in [0.2, 0.25) is 0 Å². The van der Waals surface area contributed by atoms with Gasteiger partial charge in [0.05, 0.1) is 0 Å². The summed E-state index contributed by atoms with van der Waals surface area (Å²) in [5.41, 5.74) is 1.83. The number of aliphatic carboxylic acids is 2. The zero-order valence-corrected chi connectivity index (χ0v) is 16.2. The third-order valence-corrected chi connectivity index (χ3v) is 5.71.